The predicted molar refractivity (Wildman–Crippen MR) is 128 cm³/mol. The van der Waals surface area contributed by atoms with E-state index in [-0.39, 0.29) is 5.91 Å². The summed E-state index contributed by atoms with van der Waals surface area (Å²) in [5, 5.41) is 9.18. The van der Waals surface area contributed by atoms with Crippen LogP contribution in [0, 0.1) is 13.8 Å². The number of carbonyl (C=O) groups excluding carboxylic acids is 1. The maximum Gasteiger partial charge on any atom is 0.265 e. The van der Waals surface area contributed by atoms with Crippen LogP contribution in [0.4, 0.5) is 5.69 Å². The third kappa shape index (κ3) is 5.62. The topological polar surface area (TPSA) is 56.1 Å². The Labute approximate surface area is 193 Å². The first-order valence-corrected chi connectivity index (χ1v) is 11.5. The fourth-order valence-electron chi connectivity index (χ4n) is 3.19. The summed E-state index contributed by atoms with van der Waals surface area (Å²) in [6.45, 7) is 5.21. The summed E-state index contributed by atoms with van der Waals surface area (Å²) in [7, 11) is 0. The van der Waals surface area contributed by atoms with Crippen LogP contribution < -0.4 is 10.1 Å². The molecule has 0 aliphatic carbocycles. The zero-order chi connectivity index (χ0) is 21.8. The minimum atomic E-state index is -0.119. The molecule has 0 spiro atoms. The number of aryl methyl sites for hydroxylation is 2. The first kappa shape index (κ1) is 21.3. The van der Waals surface area contributed by atoms with Crippen molar-refractivity contribution in [3.05, 3.63) is 97.9 Å². The Bertz CT molecular complexity index is 1200. The minimum Gasteiger partial charge on any atom is -0.489 e. The third-order valence-electron chi connectivity index (χ3n) is 4.76. The summed E-state index contributed by atoms with van der Waals surface area (Å²) in [4.78, 5) is 13.3. The molecular weight excluding hydrogens is 474 g/mol. The lowest BCUT2D eigenvalue weighted by molar-refractivity contribution is 0.103. The Morgan fingerprint density at radius 1 is 1.13 bits per heavy atom. The molecule has 0 aliphatic rings. The second-order valence-electron chi connectivity index (χ2n) is 7.38. The van der Waals surface area contributed by atoms with Crippen LogP contribution in [0.25, 0.3) is 0 Å². The van der Waals surface area contributed by atoms with Gasteiger partial charge in [0.05, 0.1) is 22.1 Å². The summed E-state index contributed by atoms with van der Waals surface area (Å²) in [6, 6.07) is 15.8. The molecule has 0 unspecified atom stereocenters. The number of halogens is 1. The van der Waals surface area contributed by atoms with Crippen molar-refractivity contribution in [1.82, 2.24) is 9.78 Å². The number of hydrogen-bond acceptors (Lipinski definition) is 4. The van der Waals surface area contributed by atoms with E-state index in [9.17, 15) is 4.79 Å². The number of nitrogens with zero attached hydrogens (tertiary/aromatic N) is 2. The number of aromatic nitrogens is 2. The molecule has 0 bridgehead atoms. The largest absolute Gasteiger partial charge is 0.489 e. The molecule has 1 amide bonds. The van der Waals surface area contributed by atoms with Gasteiger partial charge >= 0.3 is 0 Å². The van der Waals surface area contributed by atoms with Gasteiger partial charge in [0.1, 0.15) is 12.4 Å². The number of hydrogen-bond donors (Lipinski definition) is 1. The lowest BCUT2D eigenvalue weighted by Crippen LogP contribution is -2.10. The summed E-state index contributed by atoms with van der Waals surface area (Å²) in [6.07, 6.45) is 3.69. The normalized spacial score (nSPS) is 10.8. The van der Waals surface area contributed by atoms with Crippen LogP contribution in [0.2, 0.25) is 0 Å². The second kappa shape index (κ2) is 9.49. The fourth-order valence-corrected chi connectivity index (χ4v) is 4.31. The molecule has 0 atom stereocenters. The number of ether oxygens (including phenoxy) is 1. The predicted octanol–water partition coefficient (Wildman–Crippen LogP) is 6.20. The van der Waals surface area contributed by atoms with Crippen molar-refractivity contribution >= 4 is 38.9 Å². The van der Waals surface area contributed by atoms with Gasteiger partial charge in [-0.05, 0) is 70.5 Å². The van der Waals surface area contributed by atoms with Crippen LogP contribution in [0.1, 0.15) is 31.9 Å². The summed E-state index contributed by atoms with van der Waals surface area (Å²) in [5.74, 6) is 0.747. The molecule has 2 heterocycles. The van der Waals surface area contributed by atoms with Crippen molar-refractivity contribution in [2.75, 3.05) is 5.32 Å². The number of benzene rings is 2. The average molecular weight is 496 g/mol. The molecule has 0 aliphatic heterocycles. The van der Waals surface area contributed by atoms with Crippen molar-refractivity contribution in [2.45, 2.75) is 27.0 Å². The van der Waals surface area contributed by atoms with Gasteiger partial charge in [-0.1, -0.05) is 29.8 Å². The Morgan fingerprint density at radius 3 is 2.65 bits per heavy atom. The quantitative estimate of drug-likeness (QED) is 0.331. The molecule has 2 aromatic heterocycles. The van der Waals surface area contributed by atoms with Crippen LogP contribution in [-0.4, -0.2) is 15.7 Å². The summed E-state index contributed by atoms with van der Waals surface area (Å²) in [5.41, 5.74) is 5.17. The number of rotatable bonds is 7. The molecule has 158 valence electrons. The van der Waals surface area contributed by atoms with E-state index in [0.29, 0.717) is 18.0 Å². The van der Waals surface area contributed by atoms with E-state index in [1.807, 2.05) is 65.6 Å². The SMILES string of the molecule is Cc1ccc(OCc2csc(C(=O)Nc3ccc(Cn4cc(Br)cn4)cc3)c2)c(C)c1. The van der Waals surface area contributed by atoms with Crippen molar-refractivity contribution in [2.24, 2.45) is 0 Å². The Morgan fingerprint density at radius 2 is 1.94 bits per heavy atom. The Balaban J connectivity index is 1.33. The highest BCUT2D eigenvalue weighted by Gasteiger charge is 2.11. The van der Waals surface area contributed by atoms with E-state index < -0.39 is 0 Å². The van der Waals surface area contributed by atoms with E-state index in [1.54, 1.807) is 6.20 Å². The highest BCUT2D eigenvalue weighted by Crippen LogP contribution is 2.22. The molecule has 0 fully saturated rings. The van der Waals surface area contributed by atoms with E-state index in [0.717, 1.165) is 32.6 Å². The van der Waals surface area contributed by atoms with E-state index in [1.165, 1.54) is 16.9 Å². The van der Waals surface area contributed by atoms with Gasteiger partial charge in [0.15, 0.2) is 0 Å². The van der Waals surface area contributed by atoms with E-state index >= 15 is 0 Å². The van der Waals surface area contributed by atoms with Gasteiger partial charge in [0, 0.05) is 17.4 Å². The molecule has 4 rings (SSSR count). The van der Waals surface area contributed by atoms with Crippen molar-refractivity contribution in [1.29, 1.82) is 0 Å². The van der Waals surface area contributed by atoms with Gasteiger partial charge in [0.2, 0.25) is 0 Å². The standard InChI is InChI=1S/C24H22BrN3O2S/c1-16-3-8-22(17(2)9-16)30-14-19-10-23(31-15-19)24(29)27-21-6-4-18(5-7-21)12-28-13-20(25)11-26-28/h3-11,13,15H,12,14H2,1-2H3,(H,27,29). The summed E-state index contributed by atoms with van der Waals surface area (Å²) < 4.78 is 8.72. The second-order valence-corrected chi connectivity index (χ2v) is 9.21. The van der Waals surface area contributed by atoms with Crippen molar-refractivity contribution in [3.63, 3.8) is 0 Å². The first-order valence-electron chi connectivity index (χ1n) is 9.82. The highest BCUT2D eigenvalue weighted by atomic mass is 79.9. The molecule has 4 aromatic rings. The van der Waals surface area contributed by atoms with E-state index in [2.05, 4.69) is 39.3 Å². The highest BCUT2D eigenvalue weighted by molar-refractivity contribution is 9.10. The molecule has 1 N–H and O–H groups in total. The number of thiophene rings is 1. The monoisotopic (exact) mass is 495 g/mol. The van der Waals surface area contributed by atoms with Gasteiger partial charge in [-0.15, -0.1) is 11.3 Å². The zero-order valence-corrected chi connectivity index (χ0v) is 19.7. The van der Waals surface area contributed by atoms with Crippen LogP contribution in [0.3, 0.4) is 0 Å². The molecule has 0 saturated carbocycles. The molecule has 2 aromatic carbocycles. The number of nitrogens with one attached hydrogen (secondary N) is 1. The minimum absolute atomic E-state index is 0.119. The Hall–Kier alpha value is -2.90. The average Bonchev–Trinajstić information content (AvgIpc) is 3.38. The molecular formula is C24H22BrN3O2S. The lowest BCUT2D eigenvalue weighted by atomic mass is 10.1. The van der Waals surface area contributed by atoms with Gasteiger partial charge in [0.25, 0.3) is 5.91 Å². The third-order valence-corrected chi connectivity index (χ3v) is 6.15. The maximum absolute atomic E-state index is 12.6. The Kier molecular flexibility index (Phi) is 6.53. The number of amides is 1. The molecule has 7 heteroatoms. The van der Waals surface area contributed by atoms with Crippen LogP contribution in [0.5, 0.6) is 5.75 Å². The molecule has 0 radical (unpaired) electrons. The van der Waals surface area contributed by atoms with Crippen LogP contribution >= 0.6 is 27.3 Å². The summed E-state index contributed by atoms with van der Waals surface area (Å²) >= 11 is 4.82. The maximum atomic E-state index is 12.6. The van der Waals surface area contributed by atoms with Crippen LogP contribution in [-0.2, 0) is 13.2 Å². The number of carbonyl (C=O) groups is 1. The number of anilines is 1. The smallest absolute Gasteiger partial charge is 0.265 e. The van der Waals surface area contributed by atoms with Crippen molar-refractivity contribution < 1.29 is 9.53 Å². The van der Waals surface area contributed by atoms with Gasteiger partial charge in [-0.25, -0.2) is 0 Å². The molecule has 5 nitrogen and oxygen atoms in total. The fraction of sp³-hybridized carbons (Fsp3) is 0.167. The lowest BCUT2D eigenvalue weighted by Gasteiger charge is -2.08. The van der Waals surface area contributed by atoms with Crippen LogP contribution in [0.15, 0.2) is 70.8 Å². The van der Waals surface area contributed by atoms with E-state index in [4.69, 9.17) is 4.74 Å². The zero-order valence-electron chi connectivity index (χ0n) is 17.3. The molecule has 0 saturated heterocycles. The first-order chi connectivity index (χ1) is 15.0. The van der Waals surface area contributed by atoms with Gasteiger partial charge in [-0.3, -0.25) is 9.48 Å². The van der Waals surface area contributed by atoms with Gasteiger partial charge in [-0.2, -0.15) is 5.10 Å². The molecule has 31 heavy (non-hydrogen) atoms. The van der Waals surface area contributed by atoms with Gasteiger partial charge < -0.3 is 10.1 Å². The van der Waals surface area contributed by atoms with Crippen molar-refractivity contribution in [3.8, 4) is 5.75 Å².